The van der Waals surface area contributed by atoms with Crippen molar-refractivity contribution in [3.05, 3.63) is 23.8 Å². The Kier molecular flexibility index (Phi) is 9.25. The molecule has 0 spiro atoms. The van der Waals surface area contributed by atoms with Crippen LogP contribution < -0.4 is 20.1 Å². The molecule has 27 heavy (non-hydrogen) atoms. The lowest BCUT2D eigenvalue weighted by Crippen LogP contribution is -2.41. The second-order valence-electron chi connectivity index (χ2n) is 7.01. The van der Waals surface area contributed by atoms with Gasteiger partial charge in [0.2, 0.25) is 0 Å². The van der Waals surface area contributed by atoms with Gasteiger partial charge < -0.3 is 25.0 Å². The summed E-state index contributed by atoms with van der Waals surface area (Å²) in [5.74, 6) is 2.36. The summed E-state index contributed by atoms with van der Waals surface area (Å²) < 4.78 is 11.0. The second kappa shape index (κ2) is 11.7. The van der Waals surface area contributed by atoms with Crippen molar-refractivity contribution in [1.29, 1.82) is 0 Å². The maximum atomic E-state index is 5.64. The fraction of sp³-hybridized carbons (Fsp3) is 0.667. The van der Waals surface area contributed by atoms with Crippen LogP contribution in [0.15, 0.2) is 23.2 Å². The Balaban J connectivity index is 1.74. The summed E-state index contributed by atoms with van der Waals surface area (Å²) in [5.41, 5.74) is 1.13. The second-order valence-corrected chi connectivity index (χ2v) is 7.01. The summed E-state index contributed by atoms with van der Waals surface area (Å²) in [6.07, 6.45) is 5.18. The van der Waals surface area contributed by atoms with Crippen molar-refractivity contribution >= 4 is 5.96 Å². The molecule has 0 bridgehead atoms. The van der Waals surface area contributed by atoms with Crippen molar-refractivity contribution in [3.63, 3.8) is 0 Å². The van der Waals surface area contributed by atoms with Crippen molar-refractivity contribution in [2.24, 2.45) is 4.99 Å². The standard InChI is InChI=1S/C21H36N4O2/c1-5-27-20-15-18(10-11-19(20)26-4)16-24-21(22-3)23-12-8-14-25-13-7-6-9-17(25)2/h10-11,15,17H,5-9,12-14,16H2,1-4H3,(H2,22,23,24). The van der Waals surface area contributed by atoms with E-state index in [1.165, 1.54) is 25.8 Å². The number of aliphatic imine (C=N–C) groups is 1. The molecule has 6 nitrogen and oxygen atoms in total. The third-order valence-electron chi connectivity index (χ3n) is 5.07. The summed E-state index contributed by atoms with van der Waals surface area (Å²) in [5, 5.41) is 6.78. The molecule has 0 aliphatic carbocycles. The molecular formula is C21H36N4O2. The molecule has 1 fully saturated rings. The lowest BCUT2D eigenvalue weighted by molar-refractivity contribution is 0.159. The van der Waals surface area contributed by atoms with Crippen molar-refractivity contribution in [1.82, 2.24) is 15.5 Å². The number of hydrogen-bond donors (Lipinski definition) is 2. The fourth-order valence-electron chi connectivity index (χ4n) is 3.48. The topological polar surface area (TPSA) is 58.1 Å². The number of nitrogens with one attached hydrogen (secondary N) is 2. The van der Waals surface area contributed by atoms with Crippen molar-refractivity contribution in [3.8, 4) is 11.5 Å². The summed E-state index contributed by atoms with van der Waals surface area (Å²) in [7, 11) is 3.47. The van der Waals surface area contributed by atoms with E-state index in [1.807, 2.05) is 32.2 Å². The van der Waals surface area contributed by atoms with Crippen LogP contribution in [-0.2, 0) is 6.54 Å². The van der Waals surface area contributed by atoms with Crippen LogP contribution >= 0.6 is 0 Å². The predicted molar refractivity (Wildman–Crippen MR) is 112 cm³/mol. The third kappa shape index (κ3) is 6.94. The van der Waals surface area contributed by atoms with Crippen LogP contribution in [0.2, 0.25) is 0 Å². The van der Waals surface area contributed by atoms with Gasteiger partial charge in [-0.25, -0.2) is 0 Å². The molecule has 152 valence electrons. The van der Waals surface area contributed by atoms with E-state index in [9.17, 15) is 0 Å². The SMILES string of the molecule is CCOc1cc(CNC(=NC)NCCCN2CCCCC2C)ccc1OC. The molecule has 1 saturated heterocycles. The molecule has 1 heterocycles. The number of benzene rings is 1. The molecule has 0 aromatic heterocycles. The highest BCUT2D eigenvalue weighted by Crippen LogP contribution is 2.27. The largest absolute Gasteiger partial charge is 0.493 e. The first kappa shape index (κ1) is 21.4. The molecule has 1 aromatic rings. The van der Waals surface area contributed by atoms with Gasteiger partial charge in [0.25, 0.3) is 0 Å². The first-order valence-electron chi connectivity index (χ1n) is 10.2. The Morgan fingerprint density at radius 3 is 2.81 bits per heavy atom. The third-order valence-corrected chi connectivity index (χ3v) is 5.07. The zero-order valence-corrected chi connectivity index (χ0v) is 17.4. The Morgan fingerprint density at radius 1 is 1.26 bits per heavy atom. The van der Waals surface area contributed by atoms with E-state index >= 15 is 0 Å². The maximum Gasteiger partial charge on any atom is 0.191 e. The Morgan fingerprint density at radius 2 is 2.11 bits per heavy atom. The highest BCUT2D eigenvalue weighted by Gasteiger charge is 2.17. The number of ether oxygens (including phenoxy) is 2. The molecular weight excluding hydrogens is 340 g/mol. The van der Waals surface area contributed by atoms with Crippen LogP contribution in [0.4, 0.5) is 0 Å². The minimum absolute atomic E-state index is 0.617. The Labute approximate surface area is 164 Å². The zero-order chi connectivity index (χ0) is 19.5. The van der Waals surface area contributed by atoms with E-state index in [2.05, 4.69) is 27.4 Å². The lowest BCUT2D eigenvalue weighted by atomic mass is 10.0. The summed E-state index contributed by atoms with van der Waals surface area (Å²) in [6.45, 7) is 8.95. The van der Waals surface area contributed by atoms with E-state index in [1.54, 1.807) is 7.11 Å². The monoisotopic (exact) mass is 376 g/mol. The van der Waals surface area contributed by atoms with Crippen LogP contribution in [0.25, 0.3) is 0 Å². The molecule has 0 radical (unpaired) electrons. The molecule has 1 aromatic carbocycles. The van der Waals surface area contributed by atoms with Gasteiger partial charge in [-0.3, -0.25) is 4.99 Å². The smallest absolute Gasteiger partial charge is 0.191 e. The molecule has 1 aliphatic heterocycles. The highest BCUT2D eigenvalue weighted by atomic mass is 16.5. The van der Waals surface area contributed by atoms with Crippen LogP contribution in [0.3, 0.4) is 0 Å². The first-order valence-corrected chi connectivity index (χ1v) is 10.2. The van der Waals surface area contributed by atoms with Crippen LogP contribution in [0.1, 0.15) is 45.1 Å². The van der Waals surface area contributed by atoms with E-state index in [4.69, 9.17) is 9.47 Å². The van der Waals surface area contributed by atoms with Gasteiger partial charge in [-0.15, -0.1) is 0 Å². The summed E-state index contributed by atoms with van der Waals surface area (Å²) >= 11 is 0. The van der Waals surface area contributed by atoms with Gasteiger partial charge in [0, 0.05) is 32.7 Å². The molecule has 1 aliphatic rings. The quantitative estimate of drug-likeness (QED) is 0.394. The minimum Gasteiger partial charge on any atom is -0.493 e. The average molecular weight is 377 g/mol. The van der Waals surface area contributed by atoms with Crippen molar-refractivity contribution < 1.29 is 9.47 Å². The van der Waals surface area contributed by atoms with Gasteiger partial charge in [0.05, 0.1) is 13.7 Å². The number of methoxy groups -OCH3 is 1. The maximum absolute atomic E-state index is 5.64. The fourth-order valence-corrected chi connectivity index (χ4v) is 3.48. The van der Waals surface area contributed by atoms with Gasteiger partial charge >= 0.3 is 0 Å². The van der Waals surface area contributed by atoms with E-state index < -0.39 is 0 Å². The Bertz CT molecular complexity index is 592. The van der Waals surface area contributed by atoms with Crippen LogP contribution in [0.5, 0.6) is 11.5 Å². The molecule has 0 saturated carbocycles. The molecule has 0 amide bonds. The normalized spacial score (nSPS) is 18.2. The van der Waals surface area contributed by atoms with Crippen LogP contribution in [0, 0.1) is 0 Å². The van der Waals surface area contributed by atoms with Gasteiger partial charge in [-0.05, 0) is 57.4 Å². The number of likely N-dealkylation sites (tertiary alicyclic amines) is 1. The molecule has 2 N–H and O–H groups in total. The number of nitrogens with zero attached hydrogens (tertiary/aromatic N) is 2. The van der Waals surface area contributed by atoms with E-state index in [-0.39, 0.29) is 0 Å². The van der Waals surface area contributed by atoms with Crippen LogP contribution in [-0.4, -0.2) is 57.3 Å². The van der Waals surface area contributed by atoms with Gasteiger partial charge in [0.1, 0.15) is 0 Å². The van der Waals surface area contributed by atoms with Crippen molar-refractivity contribution in [2.45, 2.75) is 52.1 Å². The number of guanidine groups is 1. The first-order chi connectivity index (χ1) is 13.2. The lowest BCUT2D eigenvalue weighted by Gasteiger charge is -2.33. The minimum atomic E-state index is 0.617. The van der Waals surface area contributed by atoms with Gasteiger partial charge in [-0.1, -0.05) is 12.5 Å². The number of piperidine rings is 1. The van der Waals surface area contributed by atoms with E-state index in [0.29, 0.717) is 13.2 Å². The summed E-state index contributed by atoms with van der Waals surface area (Å²) in [6, 6.07) is 6.73. The average Bonchev–Trinajstić information content (AvgIpc) is 2.69. The molecule has 1 atom stereocenters. The molecule has 2 rings (SSSR count). The highest BCUT2D eigenvalue weighted by molar-refractivity contribution is 5.79. The molecule has 1 unspecified atom stereocenters. The summed E-state index contributed by atoms with van der Waals surface area (Å²) in [4.78, 5) is 6.92. The van der Waals surface area contributed by atoms with E-state index in [0.717, 1.165) is 48.6 Å². The van der Waals surface area contributed by atoms with Crippen molar-refractivity contribution in [2.75, 3.05) is 40.4 Å². The zero-order valence-electron chi connectivity index (χ0n) is 17.4. The molecule has 6 heteroatoms. The van der Waals surface area contributed by atoms with Gasteiger partial charge in [-0.2, -0.15) is 0 Å². The number of hydrogen-bond acceptors (Lipinski definition) is 4. The Hall–Kier alpha value is -1.95. The predicted octanol–water partition coefficient (Wildman–Crippen LogP) is 3.02. The van der Waals surface area contributed by atoms with Gasteiger partial charge in [0.15, 0.2) is 17.5 Å². The number of rotatable bonds is 9.